The lowest BCUT2D eigenvalue weighted by Crippen LogP contribution is -2.51. The molecule has 0 fully saturated rings. The molecule has 2 amide bonds. The van der Waals surface area contributed by atoms with Crippen LogP contribution in [0.1, 0.15) is 11.1 Å². The van der Waals surface area contributed by atoms with Crippen molar-refractivity contribution >= 4 is 34.9 Å². The second-order valence-electron chi connectivity index (χ2n) is 5.68. The van der Waals surface area contributed by atoms with Crippen LogP contribution in [0.25, 0.3) is 17.0 Å². The van der Waals surface area contributed by atoms with E-state index >= 15 is 0 Å². The fourth-order valence-corrected chi connectivity index (χ4v) is 2.85. The molecular weight excluding hydrogens is 320 g/mol. The van der Waals surface area contributed by atoms with Crippen molar-refractivity contribution in [3.8, 4) is 0 Å². The maximum atomic E-state index is 11.1. The number of imide groups is 1. The first kappa shape index (κ1) is 16.5. The molecule has 0 radical (unpaired) electrons. The number of aromatic nitrogens is 1. The highest BCUT2D eigenvalue weighted by Gasteiger charge is 2.50. The number of carbonyl (C=O) groups is 2. The topological polar surface area (TPSA) is 90.4 Å². The van der Waals surface area contributed by atoms with E-state index in [1.54, 1.807) is 18.2 Å². The average Bonchev–Trinajstić information content (AvgIpc) is 3.18. The predicted octanol–water partition coefficient (Wildman–Crippen LogP) is 4.81. The predicted molar refractivity (Wildman–Crippen MR) is 96.4 cm³/mol. The number of nitrogens with zero attached hydrogens (tertiary/aromatic N) is 1. The van der Waals surface area contributed by atoms with Crippen molar-refractivity contribution in [2.24, 2.45) is 0 Å². The van der Waals surface area contributed by atoms with Crippen molar-refractivity contribution in [1.82, 2.24) is 9.47 Å². The fraction of sp³-hybridized carbons (Fsp3) is 0.0526. The number of benzene rings is 2. The molecule has 2 heterocycles. The van der Waals surface area contributed by atoms with Gasteiger partial charge in [-0.1, -0.05) is 34.8 Å². The number of fused-ring (bicyclic) bond motifs is 2. The lowest BCUT2D eigenvalue weighted by Gasteiger charge is -2.18. The van der Waals surface area contributed by atoms with Gasteiger partial charge in [-0.15, -0.1) is 0 Å². The van der Waals surface area contributed by atoms with E-state index in [9.17, 15) is 9.59 Å². The molecule has 0 aliphatic carbocycles. The first-order valence-corrected chi connectivity index (χ1v) is 7.64. The van der Waals surface area contributed by atoms with Gasteiger partial charge in [-0.25, -0.2) is 0 Å². The lowest BCUT2D eigenvalue weighted by molar-refractivity contribution is 0.140. The lowest BCUT2D eigenvalue weighted by atomic mass is 10.2. The first-order chi connectivity index (χ1) is 12.0. The van der Waals surface area contributed by atoms with Crippen LogP contribution in [-0.4, -0.2) is 27.4 Å². The second kappa shape index (κ2) is 6.26. The standard InChI is InChI=1S/C10H7NO4.C9H9N/c12-9(13)11(10(14)15)6-5-7-3-1-2-4-8(7)11;1-7-6-10-9-5-3-2-4-8(7)9/h1-6H,(H-,12,13,14,15);2-6,10H,1H3/p+1. The number of aromatic amines is 1. The fourth-order valence-electron chi connectivity index (χ4n) is 2.85. The van der Waals surface area contributed by atoms with Gasteiger partial charge in [-0.2, -0.15) is 9.59 Å². The molecule has 4 rings (SSSR count). The Bertz CT molecular complexity index is 974. The largest absolute Gasteiger partial charge is 0.534 e. The van der Waals surface area contributed by atoms with Crippen LogP contribution in [0.2, 0.25) is 0 Å². The normalized spacial score (nSPS) is 13.8. The van der Waals surface area contributed by atoms with Gasteiger partial charge >= 0.3 is 12.2 Å². The number of amides is 2. The van der Waals surface area contributed by atoms with E-state index in [1.807, 2.05) is 12.3 Å². The molecule has 2 aromatic carbocycles. The minimum absolute atomic E-state index is 0.248. The summed E-state index contributed by atoms with van der Waals surface area (Å²) < 4.78 is -1.18. The Morgan fingerprint density at radius 3 is 2.28 bits per heavy atom. The Morgan fingerprint density at radius 2 is 1.60 bits per heavy atom. The van der Waals surface area contributed by atoms with Crippen molar-refractivity contribution in [3.63, 3.8) is 0 Å². The molecule has 6 nitrogen and oxygen atoms in total. The van der Waals surface area contributed by atoms with E-state index in [2.05, 4.69) is 30.1 Å². The summed E-state index contributed by atoms with van der Waals surface area (Å²) in [5, 5.41) is 19.4. The Balaban J connectivity index is 0.000000157. The minimum Gasteiger partial charge on any atom is -0.434 e. The van der Waals surface area contributed by atoms with Gasteiger partial charge in [0, 0.05) is 34.8 Å². The highest BCUT2D eigenvalue weighted by atomic mass is 16.4. The third-order valence-corrected chi connectivity index (χ3v) is 4.19. The molecule has 0 unspecified atom stereocenters. The highest BCUT2D eigenvalue weighted by molar-refractivity contribution is 6.07. The van der Waals surface area contributed by atoms with Gasteiger partial charge in [0.15, 0.2) is 5.69 Å². The summed E-state index contributed by atoms with van der Waals surface area (Å²) in [5.41, 5.74) is 3.40. The summed E-state index contributed by atoms with van der Waals surface area (Å²) in [6.45, 7) is 2.11. The van der Waals surface area contributed by atoms with Crippen LogP contribution >= 0.6 is 0 Å². The molecule has 0 bridgehead atoms. The van der Waals surface area contributed by atoms with E-state index in [4.69, 9.17) is 10.2 Å². The van der Waals surface area contributed by atoms with Crippen molar-refractivity contribution in [1.29, 1.82) is 0 Å². The van der Waals surface area contributed by atoms with Crippen molar-refractivity contribution < 1.29 is 19.8 Å². The van der Waals surface area contributed by atoms with Crippen LogP contribution in [0.5, 0.6) is 0 Å². The number of para-hydroxylation sites is 2. The van der Waals surface area contributed by atoms with Crippen LogP contribution < -0.4 is 4.48 Å². The van der Waals surface area contributed by atoms with E-state index in [1.165, 1.54) is 28.6 Å². The third-order valence-electron chi connectivity index (χ3n) is 4.19. The van der Waals surface area contributed by atoms with Gasteiger partial charge in [0.05, 0.1) is 0 Å². The SMILES string of the molecule is Cc1c[nH]c2ccccc12.O=C(O)[N+]1(C(=O)O)C=Cc2ccccc21. The Hall–Kier alpha value is -3.38. The Labute approximate surface area is 143 Å². The third kappa shape index (κ3) is 2.68. The van der Waals surface area contributed by atoms with Gasteiger partial charge in [0.25, 0.3) is 0 Å². The summed E-state index contributed by atoms with van der Waals surface area (Å²) in [4.78, 5) is 25.3. The summed E-state index contributed by atoms with van der Waals surface area (Å²) in [6, 6.07) is 14.8. The first-order valence-electron chi connectivity index (χ1n) is 7.64. The number of carboxylic acid groups (broad SMARTS) is 2. The zero-order valence-corrected chi connectivity index (χ0v) is 13.5. The molecule has 0 spiro atoms. The molecule has 1 aliphatic rings. The number of H-pyrrole nitrogens is 1. The van der Waals surface area contributed by atoms with Crippen LogP contribution in [0.4, 0.5) is 15.3 Å². The number of hydrogen-bond acceptors (Lipinski definition) is 2. The van der Waals surface area contributed by atoms with E-state index in [0.29, 0.717) is 5.56 Å². The molecule has 25 heavy (non-hydrogen) atoms. The summed E-state index contributed by atoms with van der Waals surface area (Å²) >= 11 is 0. The van der Waals surface area contributed by atoms with Crippen LogP contribution in [0.3, 0.4) is 0 Å². The Morgan fingerprint density at radius 1 is 0.960 bits per heavy atom. The monoisotopic (exact) mass is 337 g/mol. The van der Waals surface area contributed by atoms with Gasteiger partial charge in [0.2, 0.25) is 0 Å². The summed E-state index contributed by atoms with van der Waals surface area (Å²) in [7, 11) is 0. The van der Waals surface area contributed by atoms with Crippen molar-refractivity contribution in [3.05, 3.63) is 72.1 Å². The van der Waals surface area contributed by atoms with E-state index in [0.717, 1.165) is 6.20 Å². The minimum atomic E-state index is -1.43. The number of rotatable bonds is 0. The number of hydrogen-bond donors (Lipinski definition) is 3. The Kier molecular flexibility index (Phi) is 4.12. The summed E-state index contributed by atoms with van der Waals surface area (Å²) in [6.07, 6.45) is 1.82. The number of aryl methyl sites for hydroxylation is 1. The number of quaternary nitrogens is 1. The average molecular weight is 337 g/mol. The van der Waals surface area contributed by atoms with Crippen LogP contribution in [0.15, 0.2) is 60.9 Å². The molecule has 0 saturated carbocycles. The molecule has 3 N–H and O–H groups in total. The van der Waals surface area contributed by atoms with Gasteiger partial charge in [0.1, 0.15) is 6.20 Å². The highest BCUT2D eigenvalue weighted by Crippen LogP contribution is 2.35. The van der Waals surface area contributed by atoms with E-state index < -0.39 is 16.7 Å². The molecule has 0 atom stereocenters. The maximum absolute atomic E-state index is 11.1. The van der Waals surface area contributed by atoms with Gasteiger partial charge in [-0.05, 0) is 24.6 Å². The molecule has 0 saturated heterocycles. The van der Waals surface area contributed by atoms with Crippen molar-refractivity contribution in [2.75, 3.05) is 0 Å². The van der Waals surface area contributed by atoms with E-state index in [-0.39, 0.29) is 5.69 Å². The molecule has 6 heteroatoms. The number of nitrogens with one attached hydrogen (secondary N) is 1. The summed E-state index contributed by atoms with van der Waals surface area (Å²) in [5.74, 6) is 0. The zero-order valence-electron chi connectivity index (χ0n) is 13.5. The van der Waals surface area contributed by atoms with Crippen LogP contribution in [-0.2, 0) is 0 Å². The molecule has 3 aromatic rings. The molecule has 1 aliphatic heterocycles. The second-order valence-corrected chi connectivity index (χ2v) is 5.68. The van der Waals surface area contributed by atoms with Gasteiger partial charge < -0.3 is 15.2 Å². The molecule has 1 aromatic heterocycles. The maximum Gasteiger partial charge on any atom is 0.534 e. The van der Waals surface area contributed by atoms with Crippen LogP contribution in [0, 0.1) is 6.92 Å². The quantitative estimate of drug-likeness (QED) is 0.513. The zero-order chi connectivity index (χ0) is 18.0. The molecule has 126 valence electrons. The smallest absolute Gasteiger partial charge is 0.434 e. The van der Waals surface area contributed by atoms with Gasteiger partial charge in [-0.3, -0.25) is 0 Å². The molecular formula is C19H17N2O4+. The van der Waals surface area contributed by atoms with Crippen molar-refractivity contribution in [2.45, 2.75) is 6.92 Å².